The molecule has 0 spiro atoms. The lowest BCUT2D eigenvalue weighted by Gasteiger charge is -2.17. The van der Waals surface area contributed by atoms with Gasteiger partial charge in [0.1, 0.15) is 24.2 Å². The summed E-state index contributed by atoms with van der Waals surface area (Å²) in [6, 6.07) is 15.7. The van der Waals surface area contributed by atoms with E-state index in [1.54, 1.807) is 48.5 Å². The minimum atomic E-state index is -4.58. The Bertz CT molecular complexity index is 718. The molecule has 2 aromatic carbocycles. The number of hydrogen-bond donors (Lipinski definition) is 2. The van der Waals surface area contributed by atoms with Gasteiger partial charge in [0, 0.05) is 12.1 Å². The average molecular weight is 353 g/mol. The maximum absolute atomic E-state index is 10.9. The molecule has 0 saturated heterocycles. The van der Waals surface area contributed by atoms with Crippen molar-refractivity contribution in [3.8, 4) is 11.5 Å². The molecule has 24 heavy (non-hydrogen) atoms. The maximum atomic E-state index is 10.9. The molecule has 8 heteroatoms. The molecule has 0 amide bonds. The number of ether oxygens (including phenoxy) is 2. The van der Waals surface area contributed by atoms with Gasteiger partial charge in [0.05, 0.1) is 6.61 Å². The summed E-state index contributed by atoms with van der Waals surface area (Å²) in [6.45, 7) is 0.136. The number of hydrogen-bond acceptors (Lipinski definition) is 6. The van der Waals surface area contributed by atoms with Gasteiger partial charge in [0.25, 0.3) is 0 Å². The van der Waals surface area contributed by atoms with Crippen LogP contribution in [-0.4, -0.2) is 32.3 Å². The standard InChI is InChI=1S/C16H19NO6S/c17-13-6-8-15(9-7-13)21-11-10-16(23-24(18,19)20)12-22-14-4-2-1-3-5-14/h1-9,16H,10-12,17H2,(H,18,19,20). The summed E-state index contributed by atoms with van der Waals surface area (Å²) in [6.07, 6.45) is -0.675. The first kappa shape index (κ1) is 18.1. The van der Waals surface area contributed by atoms with Crippen LogP contribution in [0.4, 0.5) is 5.69 Å². The van der Waals surface area contributed by atoms with Gasteiger partial charge in [-0.3, -0.25) is 4.55 Å². The molecule has 3 N–H and O–H groups in total. The fraction of sp³-hybridized carbons (Fsp3) is 0.250. The summed E-state index contributed by atoms with van der Waals surface area (Å²) in [5, 5.41) is 0. The molecule has 0 radical (unpaired) electrons. The highest BCUT2D eigenvalue weighted by Gasteiger charge is 2.18. The molecule has 0 heterocycles. The van der Waals surface area contributed by atoms with E-state index in [9.17, 15) is 8.42 Å². The van der Waals surface area contributed by atoms with Crippen molar-refractivity contribution in [2.75, 3.05) is 18.9 Å². The zero-order valence-electron chi connectivity index (χ0n) is 12.9. The highest BCUT2D eigenvalue weighted by Crippen LogP contribution is 2.15. The molecule has 1 atom stereocenters. The van der Waals surface area contributed by atoms with E-state index in [1.165, 1.54) is 0 Å². The normalized spacial score (nSPS) is 12.5. The maximum Gasteiger partial charge on any atom is 0.397 e. The van der Waals surface area contributed by atoms with Crippen LogP contribution < -0.4 is 15.2 Å². The molecule has 0 aliphatic rings. The SMILES string of the molecule is Nc1ccc(OCCC(COc2ccccc2)OS(=O)(=O)O)cc1. The van der Waals surface area contributed by atoms with Crippen LogP contribution in [0.15, 0.2) is 54.6 Å². The van der Waals surface area contributed by atoms with E-state index in [1.807, 2.05) is 6.07 Å². The first-order chi connectivity index (χ1) is 11.4. The van der Waals surface area contributed by atoms with Crippen molar-refractivity contribution in [3.63, 3.8) is 0 Å². The molecule has 2 rings (SSSR count). The molecule has 7 nitrogen and oxygen atoms in total. The summed E-state index contributed by atoms with van der Waals surface area (Å²) in [4.78, 5) is 0. The Hall–Kier alpha value is -2.29. The van der Waals surface area contributed by atoms with Crippen molar-refractivity contribution < 1.29 is 26.6 Å². The van der Waals surface area contributed by atoms with E-state index in [0.717, 1.165) is 0 Å². The summed E-state index contributed by atoms with van der Waals surface area (Å²) in [5.41, 5.74) is 6.20. The zero-order valence-corrected chi connectivity index (χ0v) is 13.7. The van der Waals surface area contributed by atoms with E-state index >= 15 is 0 Å². The van der Waals surface area contributed by atoms with Crippen LogP contribution in [0.1, 0.15) is 6.42 Å². The van der Waals surface area contributed by atoms with Crippen molar-refractivity contribution in [1.82, 2.24) is 0 Å². The van der Waals surface area contributed by atoms with Crippen LogP contribution in [0.25, 0.3) is 0 Å². The Morgan fingerprint density at radius 2 is 1.58 bits per heavy atom. The van der Waals surface area contributed by atoms with Gasteiger partial charge in [-0.15, -0.1) is 0 Å². The number of anilines is 1. The zero-order chi connectivity index (χ0) is 17.4. The van der Waals surface area contributed by atoms with Crippen LogP contribution in [0.5, 0.6) is 11.5 Å². The molecule has 0 aliphatic carbocycles. The first-order valence-corrected chi connectivity index (χ1v) is 8.61. The number of para-hydroxylation sites is 1. The Kier molecular flexibility index (Phi) is 6.42. The third kappa shape index (κ3) is 6.86. The lowest BCUT2D eigenvalue weighted by molar-refractivity contribution is 0.0985. The predicted octanol–water partition coefficient (Wildman–Crippen LogP) is 2.30. The van der Waals surface area contributed by atoms with Crippen molar-refractivity contribution in [2.45, 2.75) is 12.5 Å². The molecule has 0 aromatic heterocycles. The van der Waals surface area contributed by atoms with Gasteiger partial charge in [0.15, 0.2) is 0 Å². The molecule has 0 aliphatic heterocycles. The summed E-state index contributed by atoms with van der Waals surface area (Å²) >= 11 is 0. The molecule has 1 unspecified atom stereocenters. The Morgan fingerprint density at radius 1 is 0.958 bits per heavy atom. The van der Waals surface area contributed by atoms with E-state index in [0.29, 0.717) is 17.2 Å². The van der Waals surface area contributed by atoms with Gasteiger partial charge >= 0.3 is 10.4 Å². The molecular formula is C16H19NO6S. The summed E-state index contributed by atoms with van der Waals surface area (Å²) in [5.74, 6) is 1.17. The Morgan fingerprint density at radius 3 is 2.21 bits per heavy atom. The second-order valence-corrected chi connectivity index (χ2v) is 6.02. The monoisotopic (exact) mass is 353 g/mol. The molecule has 130 valence electrons. The number of rotatable bonds is 9. The van der Waals surface area contributed by atoms with Crippen molar-refractivity contribution >= 4 is 16.1 Å². The Labute approximate surface area is 140 Å². The minimum absolute atomic E-state index is 0.0467. The van der Waals surface area contributed by atoms with Crippen LogP contribution in [0.2, 0.25) is 0 Å². The predicted molar refractivity (Wildman–Crippen MR) is 89.3 cm³/mol. The number of nitrogen functional groups attached to an aromatic ring is 1. The van der Waals surface area contributed by atoms with Gasteiger partial charge in [0.2, 0.25) is 0 Å². The van der Waals surface area contributed by atoms with Crippen LogP contribution in [0, 0.1) is 0 Å². The van der Waals surface area contributed by atoms with Gasteiger partial charge in [-0.25, -0.2) is 4.18 Å². The Balaban J connectivity index is 1.87. The number of nitrogens with two attached hydrogens (primary N) is 1. The molecule has 0 fully saturated rings. The minimum Gasteiger partial charge on any atom is -0.493 e. The van der Waals surface area contributed by atoms with E-state index in [2.05, 4.69) is 4.18 Å². The third-order valence-corrected chi connectivity index (χ3v) is 3.54. The smallest absolute Gasteiger partial charge is 0.397 e. The van der Waals surface area contributed by atoms with Crippen LogP contribution in [-0.2, 0) is 14.6 Å². The largest absolute Gasteiger partial charge is 0.493 e. The fourth-order valence-corrected chi connectivity index (χ4v) is 2.41. The second-order valence-electron chi connectivity index (χ2n) is 4.98. The molecule has 0 bridgehead atoms. The average Bonchev–Trinajstić information content (AvgIpc) is 2.54. The third-order valence-electron chi connectivity index (χ3n) is 3.03. The molecule has 0 saturated carbocycles. The van der Waals surface area contributed by atoms with Gasteiger partial charge < -0.3 is 15.2 Å². The topological polar surface area (TPSA) is 108 Å². The van der Waals surface area contributed by atoms with E-state index < -0.39 is 16.5 Å². The lowest BCUT2D eigenvalue weighted by Crippen LogP contribution is -2.27. The molecular weight excluding hydrogens is 334 g/mol. The van der Waals surface area contributed by atoms with E-state index in [4.69, 9.17) is 19.8 Å². The van der Waals surface area contributed by atoms with Gasteiger partial charge in [-0.05, 0) is 36.4 Å². The molecule has 2 aromatic rings. The van der Waals surface area contributed by atoms with E-state index in [-0.39, 0.29) is 19.6 Å². The fourth-order valence-electron chi connectivity index (χ4n) is 1.91. The van der Waals surface area contributed by atoms with Crippen molar-refractivity contribution in [3.05, 3.63) is 54.6 Å². The summed E-state index contributed by atoms with van der Waals surface area (Å²) < 4.78 is 46.3. The second kappa shape index (κ2) is 8.53. The highest BCUT2D eigenvalue weighted by molar-refractivity contribution is 7.80. The summed E-state index contributed by atoms with van der Waals surface area (Å²) in [7, 11) is -4.58. The lowest BCUT2D eigenvalue weighted by atomic mass is 10.2. The highest BCUT2D eigenvalue weighted by atomic mass is 32.3. The van der Waals surface area contributed by atoms with Gasteiger partial charge in [-0.2, -0.15) is 8.42 Å². The van der Waals surface area contributed by atoms with Crippen molar-refractivity contribution in [1.29, 1.82) is 0 Å². The van der Waals surface area contributed by atoms with Crippen molar-refractivity contribution in [2.24, 2.45) is 0 Å². The van der Waals surface area contributed by atoms with Crippen LogP contribution in [0.3, 0.4) is 0 Å². The van der Waals surface area contributed by atoms with Gasteiger partial charge in [-0.1, -0.05) is 18.2 Å². The number of benzene rings is 2. The first-order valence-electron chi connectivity index (χ1n) is 7.24. The quantitative estimate of drug-likeness (QED) is 0.526. The van der Waals surface area contributed by atoms with Crippen LogP contribution >= 0.6 is 0 Å².